The molecule has 0 saturated carbocycles. The minimum Gasteiger partial charge on any atom is -0.372 e. The number of alkyl halides is 1. The molecule has 3 aliphatic rings. The predicted molar refractivity (Wildman–Crippen MR) is 64.7 cm³/mol. The number of amides is 3. The van der Waals surface area contributed by atoms with Gasteiger partial charge in [0.25, 0.3) is 11.8 Å². The van der Waals surface area contributed by atoms with E-state index in [4.69, 9.17) is 0 Å². The summed E-state index contributed by atoms with van der Waals surface area (Å²) in [5, 5.41) is 12.1. The van der Waals surface area contributed by atoms with Crippen molar-refractivity contribution in [1.82, 2.24) is 10.2 Å². The minimum atomic E-state index is -1.29. The summed E-state index contributed by atoms with van der Waals surface area (Å²) in [6.45, 7) is 0. The zero-order valence-electron chi connectivity index (χ0n) is 10.5. The van der Waals surface area contributed by atoms with Gasteiger partial charge in [0, 0.05) is 18.4 Å². The Morgan fingerprint density at radius 3 is 2.65 bits per heavy atom. The highest BCUT2D eigenvalue weighted by atomic mass is 19.1. The zero-order valence-corrected chi connectivity index (χ0v) is 10.5. The number of halogens is 1. The number of carbonyl (C=O) groups excluding carboxylic acids is 3. The lowest BCUT2D eigenvalue weighted by Crippen LogP contribution is -2.57. The first-order valence-electron chi connectivity index (χ1n) is 6.41. The van der Waals surface area contributed by atoms with Crippen molar-refractivity contribution in [3.8, 4) is 0 Å². The molecule has 0 aromatic heterocycles. The van der Waals surface area contributed by atoms with E-state index in [0.29, 0.717) is 0 Å². The molecule has 1 aliphatic carbocycles. The smallest absolute Gasteiger partial charge is 0.261 e. The number of likely N-dealkylation sites (tertiary alicyclic amines) is 1. The molecule has 3 atom stereocenters. The maximum absolute atomic E-state index is 13.3. The van der Waals surface area contributed by atoms with Gasteiger partial charge in [-0.25, -0.2) is 4.39 Å². The van der Waals surface area contributed by atoms with Gasteiger partial charge in [0.1, 0.15) is 12.4 Å². The third-order valence-corrected chi connectivity index (χ3v) is 3.76. The second-order valence-corrected chi connectivity index (χ2v) is 5.05. The summed E-state index contributed by atoms with van der Waals surface area (Å²) in [5.41, 5.74) is 0.242. The van der Waals surface area contributed by atoms with Crippen LogP contribution in [0.1, 0.15) is 19.3 Å². The Morgan fingerprint density at radius 1 is 1.25 bits per heavy atom. The first kappa shape index (κ1) is 13.0. The molecule has 7 heteroatoms. The van der Waals surface area contributed by atoms with Crippen molar-refractivity contribution in [2.75, 3.05) is 0 Å². The number of rotatable bonds is 1. The summed E-state index contributed by atoms with van der Waals surface area (Å²) in [7, 11) is 0. The molecule has 2 fully saturated rings. The lowest BCUT2D eigenvalue weighted by atomic mass is 9.99. The second-order valence-electron chi connectivity index (χ2n) is 5.05. The molecule has 0 radical (unpaired) electrons. The van der Waals surface area contributed by atoms with Crippen molar-refractivity contribution in [3.05, 3.63) is 23.3 Å². The Bertz CT molecular complexity index is 569. The van der Waals surface area contributed by atoms with Crippen molar-refractivity contribution in [2.45, 2.75) is 37.7 Å². The van der Waals surface area contributed by atoms with Gasteiger partial charge in [0.05, 0.1) is 11.6 Å². The van der Waals surface area contributed by atoms with Crippen molar-refractivity contribution in [2.24, 2.45) is 0 Å². The van der Waals surface area contributed by atoms with Gasteiger partial charge in [-0.1, -0.05) is 6.08 Å². The molecule has 2 saturated heterocycles. The molecule has 2 heterocycles. The molecule has 3 rings (SSSR count). The summed E-state index contributed by atoms with van der Waals surface area (Å²) in [6, 6.07) is -0.807. The van der Waals surface area contributed by atoms with Gasteiger partial charge in [0.15, 0.2) is 0 Å². The van der Waals surface area contributed by atoms with Gasteiger partial charge < -0.3 is 10.4 Å². The first-order chi connectivity index (χ1) is 9.49. The van der Waals surface area contributed by atoms with E-state index >= 15 is 0 Å². The molecular formula is C13H13FN2O4. The maximum atomic E-state index is 13.3. The van der Waals surface area contributed by atoms with E-state index in [1.807, 2.05) is 0 Å². The molecule has 0 aromatic carbocycles. The highest BCUT2D eigenvalue weighted by molar-refractivity contribution is 6.25. The Labute approximate surface area is 113 Å². The lowest BCUT2D eigenvalue weighted by Gasteiger charge is -2.33. The number of aliphatic hydroxyl groups excluding tert-OH is 1. The van der Waals surface area contributed by atoms with Crippen LogP contribution in [0.5, 0.6) is 0 Å². The van der Waals surface area contributed by atoms with Crippen LogP contribution in [0.4, 0.5) is 4.39 Å². The van der Waals surface area contributed by atoms with Crippen LogP contribution < -0.4 is 5.32 Å². The predicted octanol–water partition coefficient (Wildman–Crippen LogP) is -0.453. The van der Waals surface area contributed by atoms with E-state index in [2.05, 4.69) is 5.32 Å². The summed E-state index contributed by atoms with van der Waals surface area (Å²) in [4.78, 5) is 36.5. The van der Waals surface area contributed by atoms with Gasteiger partial charge in [-0.3, -0.25) is 19.3 Å². The Morgan fingerprint density at radius 2 is 1.95 bits per heavy atom. The second kappa shape index (κ2) is 4.52. The Hall–Kier alpha value is -2.02. The van der Waals surface area contributed by atoms with Crippen molar-refractivity contribution < 1.29 is 23.9 Å². The topological polar surface area (TPSA) is 86.7 Å². The molecular weight excluding hydrogens is 267 g/mol. The molecule has 0 bridgehead atoms. The van der Waals surface area contributed by atoms with Crippen LogP contribution in [0.3, 0.4) is 0 Å². The third-order valence-electron chi connectivity index (χ3n) is 3.76. The fourth-order valence-corrected chi connectivity index (χ4v) is 2.76. The summed E-state index contributed by atoms with van der Waals surface area (Å²) < 4.78 is 13.3. The zero-order chi connectivity index (χ0) is 14.4. The van der Waals surface area contributed by atoms with Crippen LogP contribution in [0.25, 0.3) is 0 Å². The number of hydrogen-bond acceptors (Lipinski definition) is 4. The summed E-state index contributed by atoms with van der Waals surface area (Å²) >= 11 is 0. The number of nitrogens with zero attached hydrogens (tertiary/aromatic N) is 1. The lowest BCUT2D eigenvalue weighted by molar-refractivity contribution is -0.148. The number of piperidine rings is 1. The van der Waals surface area contributed by atoms with Crippen LogP contribution in [0.2, 0.25) is 0 Å². The molecule has 106 valence electrons. The highest BCUT2D eigenvalue weighted by Crippen LogP contribution is 2.33. The highest BCUT2D eigenvalue weighted by Gasteiger charge is 2.47. The SMILES string of the molecule is O=C1CCC(N2C(=O)C3=CCC(F)C=C3C2=O)C(O)N1. The summed E-state index contributed by atoms with van der Waals surface area (Å²) in [6.07, 6.45) is 0.382. The average molecular weight is 280 g/mol. The number of nitrogens with one attached hydrogen (secondary N) is 1. The maximum Gasteiger partial charge on any atom is 0.261 e. The first-order valence-corrected chi connectivity index (χ1v) is 6.41. The minimum absolute atomic E-state index is 0.0536. The van der Waals surface area contributed by atoms with Crippen LogP contribution in [0, 0.1) is 0 Å². The van der Waals surface area contributed by atoms with E-state index in [1.165, 1.54) is 6.08 Å². The van der Waals surface area contributed by atoms with Gasteiger partial charge in [0.2, 0.25) is 5.91 Å². The number of carbonyl (C=O) groups is 3. The monoisotopic (exact) mass is 280 g/mol. The molecule has 6 nitrogen and oxygen atoms in total. The molecule has 3 amide bonds. The quantitative estimate of drug-likeness (QED) is 0.637. The number of allylic oxidation sites excluding steroid dienone is 2. The fraction of sp³-hybridized carbons (Fsp3) is 0.462. The van der Waals surface area contributed by atoms with Crippen LogP contribution in [0.15, 0.2) is 23.3 Å². The molecule has 2 aliphatic heterocycles. The Kier molecular flexibility index (Phi) is 2.93. The van der Waals surface area contributed by atoms with E-state index in [-0.39, 0.29) is 36.3 Å². The van der Waals surface area contributed by atoms with E-state index < -0.39 is 30.3 Å². The van der Waals surface area contributed by atoms with Gasteiger partial charge in [-0.15, -0.1) is 0 Å². The van der Waals surface area contributed by atoms with E-state index in [0.717, 1.165) is 11.0 Å². The number of imide groups is 1. The average Bonchev–Trinajstić information content (AvgIpc) is 2.63. The molecule has 0 spiro atoms. The van der Waals surface area contributed by atoms with Gasteiger partial charge in [-0.05, 0) is 12.5 Å². The van der Waals surface area contributed by atoms with Crippen LogP contribution in [-0.2, 0) is 14.4 Å². The fourth-order valence-electron chi connectivity index (χ4n) is 2.76. The number of aliphatic hydroxyl groups is 1. The number of fused-ring (bicyclic) bond motifs is 1. The molecule has 3 unspecified atom stereocenters. The summed E-state index contributed by atoms with van der Waals surface area (Å²) in [5.74, 6) is -1.47. The standard InChI is InChI=1S/C13H13FN2O4/c14-6-1-2-7-8(5-6)13(20)16(12(7)19)9-3-4-10(17)15-11(9)18/h2,5-6,9,11,18H,1,3-4H2,(H,15,17). The molecule has 2 N–H and O–H groups in total. The van der Waals surface area contributed by atoms with Gasteiger partial charge in [-0.2, -0.15) is 0 Å². The van der Waals surface area contributed by atoms with E-state index in [9.17, 15) is 23.9 Å². The van der Waals surface area contributed by atoms with Crippen molar-refractivity contribution in [1.29, 1.82) is 0 Å². The largest absolute Gasteiger partial charge is 0.372 e. The van der Waals surface area contributed by atoms with Crippen LogP contribution in [-0.4, -0.2) is 46.2 Å². The normalized spacial score (nSPS) is 33.6. The molecule has 20 heavy (non-hydrogen) atoms. The van der Waals surface area contributed by atoms with Crippen molar-refractivity contribution >= 4 is 17.7 Å². The van der Waals surface area contributed by atoms with Gasteiger partial charge >= 0.3 is 0 Å². The number of hydrogen-bond donors (Lipinski definition) is 2. The third kappa shape index (κ3) is 1.85. The van der Waals surface area contributed by atoms with Crippen LogP contribution >= 0.6 is 0 Å². The molecule has 0 aromatic rings. The van der Waals surface area contributed by atoms with Crippen molar-refractivity contribution in [3.63, 3.8) is 0 Å². The van der Waals surface area contributed by atoms with E-state index in [1.54, 1.807) is 0 Å². The Balaban J connectivity index is 1.92.